The van der Waals surface area contributed by atoms with Gasteiger partial charge in [-0.25, -0.2) is 0 Å². The summed E-state index contributed by atoms with van der Waals surface area (Å²) in [5, 5.41) is 0. The molecule has 0 atom stereocenters. The molecule has 0 radical (unpaired) electrons. The number of hydrogen-bond donors (Lipinski definition) is 0. The summed E-state index contributed by atoms with van der Waals surface area (Å²) in [6, 6.07) is 4.59. The number of fused-ring (bicyclic) bond motifs is 1. The van der Waals surface area contributed by atoms with E-state index in [-0.39, 0.29) is 0 Å². The van der Waals surface area contributed by atoms with Crippen molar-refractivity contribution in [2.75, 3.05) is 0 Å². The van der Waals surface area contributed by atoms with E-state index in [1.807, 2.05) is 6.08 Å². The normalized spacial score (nSPS) is 12.8. The third-order valence-corrected chi connectivity index (χ3v) is 3.56. The molecule has 1 aliphatic rings. The Hall–Kier alpha value is -1.30. The highest BCUT2D eigenvalue weighted by Gasteiger charge is 2.12. The van der Waals surface area contributed by atoms with Crippen molar-refractivity contribution in [1.82, 2.24) is 0 Å². The summed E-state index contributed by atoms with van der Waals surface area (Å²) in [6.45, 7) is 6.13. The summed E-state index contributed by atoms with van der Waals surface area (Å²) in [5.41, 5.74) is 6.05. The molecule has 90 valence electrons. The first-order chi connectivity index (χ1) is 8.36. The second kappa shape index (κ2) is 5.86. The molecule has 17 heavy (non-hydrogen) atoms. The van der Waals surface area contributed by atoms with Gasteiger partial charge in [-0.3, -0.25) is 0 Å². The van der Waals surface area contributed by atoms with Crippen molar-refractivity contribution < 1.29 is 0 Å². The molecule has 0 amide bonds. The molecule has 0 fully saturated rings. The molecule has 0 unspecified atom stereocenters. The van der Waals surface area contributed by atoms with Crippen molar-refractivity contribution in [2.24, 2.45) is 0 Å². The van der Waals surface area contributed by atoms with E-state index in [4.69, 9.17) is 0 Å². The van der Waals surface area contributed by atoms with Gasteiger partial charge in [-0.05, 0) is 47.9 Å². The standard InChI is InChI=1S/C17H22/c1-3-5-6-10-16-14(8-4-2)12-13-15-9-7-11-17(15)16/h4,7,11-13H,2-3,5-6,8-10H2,1H3. The van der Waals surface area contributed by atoms with Gasteiger partial charge in [0.25, 0.3) is 0 Å². The first-order valence-corrected chi connectivity index (χ1v) is 6.78. The first-order valence-electron chi connectivity index (χ1n) is 6.78. The molecule has 2 rings (SSSR count). The lowest BCUT2D eigenvalue weighted by atomic mass is 9.92. The number of benzene rings is 1. The Morgan fingerprint density at radius 1 is 1.29 bits per heavy atom. The molecule has 0 N–H and O–H groups in total. The third kappa shape index (κ3) is 2.69. The minimum Gasteiger partial charge on any atom is -0.103 e. The molecule has 0 heterocycles. The molecule has 1 aromatic carbocycles. The van der Waals surface area contributed by atoms with Crippen LogP contribution in [0, 0.1) is 0 Å². The fourth-order valence-electron chi connectivity index (χ4n) is 2.64. The van der Waals surface area contributed by atoms with Crippen molar-refractivity contribution in [3.63, 3.8) is 0 Å². The van der Waals surface area contributed by atoms with Crippen molar-refractivity contribution in [2.45, 2.75) is 45.4 Å². The number of unbranched alkanes of at least 4 members (excludes halogenated alkanes) is 2. The van der Waals surface area contributed by atoms with Crippen LogP contribution in [0.3, 0.4) is 0 Å². The van der Waals surface area contributed by atoms with E-state index in [0.29, 0.717) is 0 Å². The predicted molar refractivity (Wildman–Crippen MR) is 76.3 cm³/mol. The van der Waals surface area contributed by atoms with E-state index >= 15 is 0 Å². The molecular weight excluding hydrogens is 204 g/mol. The third-order valence-electron chi connectivity index (χ3n) is 3.56. The fourth-order valence-corrected chi connectivity index (χ4v) is 2.64. The van der Waals surface area contributed by atoms with Gasteiger partial charge in [0, 0.05) is 0 Å². The molecule has 0 spiro atoms. The van der Waals surface area contributed by atoms with Crippen LogP contribution in [-0.2, 0) is 19.3 Å². The molecule has 0 aliphatic heterocycles. The smallest absolute Gasteiger partial charge is 0.00881 e. The van der Waals surface area contributed by atoms with Crippen LogP contribution in [0.25, 0.3) is 6.08 Å². The van der Waals surface area contributed by atoms with Gasteiger partial charge in [0.1, 0.15) is 0 Å². The van der Waals surface area contributed by atoms with Crippen LogP contribution in [0.2, 0.25) is 0 Å². The van der Waals surface area contributed by atoms with E-state index in [1.165, 1.54) is 42.4 Å². The molecule has 1 aromatic rings. The van der Waals surface area contributed by atoms with Gasteiger partial charge in [0.15, 0.2) is 0 Å². The highest BCUT2D eigenvalue weighted by atomic mass is 14.2. The Balaban J connectivity index is 2.27. The Morgan fingerprint density at radius 3 is 2.94 bits per heavy atom. The Kier molecular flexibility index (Phi) is 4.19. The first kappa shape index (κ1) is 12.2. The Bertz CT molecular complexity index is 424. The summed E-state index contributed by atoms with van der Waals surface area (Å²) in [6.07, 6.45) is 13.9. The van der Waals surface area contributed by atoms with Gasteiger partial charge < -0.3 is 0 Å². The van der Waals surface area contributed by atoms with Gasteiger partial charge in [-0.1, -0.05) is 50.1 Å². The molecule has 0 heteroatoms. The van der Waals surface area contributed by atoms with E-state index in [0.717, 1.165) is 12.8 Å². The Labute approximate surface area is 105 Å². The summed E-state index contributed by atoms with van der Waals surface area (Å²) >= 11 is 0. The lowest BCUT2D eigenvalue weighted by Gasteiger charge is -2.13. The lowest BCUT2D eigenvalue weighted by molar-refractivity contribution is 0.713. The van der Waals surface area contributed by atoms with Crippen LogP contribution in [0.1, 0.15) is 48.4 Å². The molecule has 0 saturated heterocycles. The van der Waals surface area contributed by atoms with Crippen LogP contribution in [0.4, 0.5) is 0 Å². The second-order valence-electron chi connectivity index (χ2n) is 4.83. The quantitative estimate of drug-likeness (QED) is 0.486. The predicted octanol–water partition coefficient (Wildman–Crippen LogP) is 4.72. The van der Waals surface area contributed by atoms with E-state index < -0.39 is 0 Å². The minimum absolute atomic E-state index is 1.00. The van der Waals surface area contributed by atoms with Gasteiger partial charge in [0.2, 0.25) is 0 Å². The Morgan fingerprint density at radius 2 is 2.18 bits per heavy atom. The van der Waals surface area contributed by atoms with Gasteiger partial charge in [-0.2, -0.15) is 0 Å². The van der Waals surface area contributed by atoms with Crippen LogP contribution >= 0.6 is 0 Å². The lowest BCUT2D eigenvalue weighted by Crippen LogP contribution is -1.99. The van der Waals surface area contributed by atoms with Crippen molar-refractivity contribution in [3.05, 3.63) is 53.1 Å². The maximum atomic E-state index is 3.87. The van der Waals surface area contributed by atoms with Gasteiger partial charge in [0.05, 0.1) is 0 Å². The maximum Gasteiger partial charge on any atom is -0.00881 e. The number of rotatable bonds is 6. The average molecular weight is 226 g/mol. The molecular formula is C17H22. The molecule has 0 bridgehead atoms. The largest absolute Gasteiger partial charge is 0.103 e. The van der Waals surface area contributed by atoms with Crippen molar-refractivity contribution >= 4 is 6.08 Å². The van der Waals surface area contributed by atoms with E-state index in [2.05, 4.69) is 37.8 Å². The zero-order chi connectivity index (χ0) is 12.1. The highest BCUT2D eigenvalue weighted by Crippen LogP contribution is 2.28. The van der Waals surface area contributed by atoms with Crippen LogP contribution in [0.15, 0.2) is 30.9 Å². The molecule has 0 saturated carbocycles. The number of hydrogen-bond acceptors (Lipinski definition) is 0. The molecule has 0 aromatic heterocycles. The zero-order valence-corrected chi connectivity index (χ0v) is 10.8. The fraction of sp³-hybridized carbons (Fsp3) is 0.412. The summed E-state index contributed by atoms with van der Waals surface area (Å²) in [5.74, 6) is 0. The summed E-state index contributed by atoms with van der Waals surface area (Å²) in [7, 11) is 0. The average Bonchev–Trinajstić information content (AvgIpc) is 2.80. The van der Waals surface area contributed by atoms with Crippen LogP contribution < -0.4 is 0 Å². The van der Waals surface area contributed by atoms with Crippen LogP contribution in [-0.4, -0.2) is 0 Å². The minimum atomic E-state index is 1.00. The molecule has 1 aliphatic carbocycles. The monoisotopic (exact) mass is 226 g/mol. The van der Waals surface area contributed by atoms with Gasteiger partial charge >= 0.3 is 0 Å². The summed E-state index contributed by atoms with van der Waals surface area (Å²) in [4.78, 5) is 0. The number of allylic oxidation sites excluding steroid dienone is 2. The van der Waals surface area contributed by atoms with E-state index in [1.54, 1.807) is 5.56 Å². The van der Waals surface area contributed by atoms with Crippen molar-refractivity contribution in [3.8, 4) is 0 Å². The summed E-state index contributed by atoms with van der Waals surface area (Å²) < 4.78 is 0. The van der Waals surface area contributed by atoms with Gasteiger partial charge in [-0.15, -0.1) is 6.58 Å². The second-order valence-corrected chi connectivity index (χ2v) is 4.83. The van der Waals surface area contributed by atoms with Crippen molar-refractivity contribution in [1.29, 1.82) is 0 Å². The topological polar surface area (TPSA) is 0 Å². The maximum absolute atomic E-state index is 3.87. The molecule has 0 nitrogen and oxygen atoms in total. The SMILES string of the molecule is C=CCc1ccc2c(c1CCCCC)C=CC2. The van der Waals surface area contributed by atoms with E-state index in [9.17, 15) is 0 Å². The highest BCUT2D eigenvalue weighted by molar-refractivity contribution is 5.65. The van der Waals surface area contributed by atoms with Crippen LogP contribution in [0.5, 0.6) is 0 Å². The zero-order valence-electron chi connectivity index (χ0n) is 10.8.